The summed E-state index contributed by atoms with van der Waals surface area (Å²) in [4.78, 5) is 10.7. The summed E-state index contributed by atoms with van der Waals surface area (Å²) in [6.45, 7) is 4.36. The van der Waals surface area contributed by atoms with Gasteiger partial charge >= 0.3 is 5.97 Å². The van der Waals surface area contributed by atoms with E-state index in [1.54, 1.807) is 0 Å². The van der Waals surface area contributed by atoms with Crippen LogP contribution in [-0.4, -0.2) is 26.0 Å². The minimum absolute atomic E-state index is 0.0173. The van der Waals surface area contributed by atoms with Crippen molar-refractivity contribution in [2.45, 2.75) is 25.2 Å². The number of carbonyl (C=O) groups is 1. The predicted molar refractivity (Wildman–Crippen MR) is 65.9 cm³/mol. The molecule has 17 heavy (non-hydrogen) atoms. The zero-order valence-corrected chi connectivity index (χ0v) is 11.3. The molecule has 0 unspecified atom stereocenters. The summed E-state index contributed by atoms with van der Waals surface area (Å²) in [5, 5.41) is 10.0. The number of carboxylic acid groups (broad SMARTS) is 1. The van der Waals surface area contributed by atoms with Crippen molar-refractivity contribution in [1.29, 1.82) is 0 Å². The summed E-state index contributed by atoms with van der Waals surface area (Å²) >= 11 is 0.906. The molecule has 1 heterocycles. The van der Waals surface area contributed by atoms with Gasteiger partial charge in [0.25, 0.3) is 0 Å². The lowest BCUT2D eigenvalue weighted by Gasteiger charge is -2.06. The highest BCUT2D eigenvalue weighted by molar-refractivity contribution is 7.89. The highest BCUT2D eigenvalue weighted by Gasteiger charge is 2.17. The van der Waals surface area contributed by atoms with Gasteiger partial charge in [0.15, 0.2) is 0 Å². The van der Waals surface area contributed by atoms with E-state index in [2.05, 4.69) is 4.72 Å². The van der Waals surface area contributed by atoms with Gasteiger partial charge in [-0.3, -0.25) is 0 Å². The maximum Gasteiger partial charge on any atom is 0.345 e. The molecule has 7 heteroatoms. The van der Waals surface area contributed by atoms with E-state index in [1.165, 1.54) is 11.4 Å². The van der Waals surface area contributed by atoms with Crippen molar-refractivity contribution in [1.82, 2.24) is 4.72 Å². The molecule has 5 nitrogen and oxygen atoms in total. The van der Waals surface area contributed by atoms with E-state index < -0.39 is 16.0 Å². The van der Waals surface area contributed by atoms with Crippen LogP contribution in [0.1, 0.15) is 29.9 Å². The topological polar surface area (TPSA) is 83.5 Å². The van der Waals surface area contributed by atoms with Crippen molar-refractivity contribution in [2.24, 2.45) is 5.92 Å². The molecule has 0 aromatic carbocycles. The molecule has 0 aliphatic carbocycles. The van der Waals surface area contributed by atoms with Crippen LogP contribution in [-0.2, 0) is 10.0 Å². The van der Waals surface area contributed by atoms with Crippen molar-refractivity contribution in [3.63, 3.8) is 0 Å². The Balaban J connectivity index is 2.72. The summed E-state index contributed by atoms with van der Waals surface area (Å²) in [5.74, 6) is -0.701. The number of hydrogen-bond acceptors (Lipinski definition) is 4. The molecule has 0 bridgehead atoms. The van der Waals surface area contributed by atoms with E-state index >= 15 is 0 Å². The smallest absolute Gasteiger partial charge is 0.345 e. The Morgan fingerprint density at radius 1 is 1.53 bits per heavy atom. The molecule has 0 atom stereocenters. The van der Waals surface area contributed by atoms with Crippen LogP contribution in [0, 0.1) is 5.92 Å². The lowest BCUT2D eigenvalue weighted by molar-refractivity contribution is 0.0702. The Morgan fingerprint density at radius 2 is 2.18 bits per heavy atom. The highest BCUT2D eigenvalue weighted by atomic mass is 32.2. The third kappa shape index (κ3) is 4.10. The van der Waals surface area contributed by atoms with E-state index in [1.807, 2.05) is 13.8 Å². The Morgan fingerprint density at radius 3 is 2.65 bits per heavy atom. The first-order valence-electron chi connectivity index (χ1n) is 5.14. The van der Waals surface area contributed by atoms with Crippen LogP contribution in [0.4, 0.5) is 0 Å². The minimum Gasteiger partial charge on any atom is -0.477 e. The number of hydrogen-bond donors (Lipinski definition) is 2. The van der Waals surface area contributed by atoms with Crippen molar-refractivity contribution in [3.8, 4) is 0 Å². The monoisotopic (exact) mass is 277 g/mol. The maximum absolute atomic E-state index is 11.8. The molecule has 0 aliphatic rings. The fraction of sp³-hybridized carbons (Fsp3) is 0.500. The minimum atomic E-state index is -3.57. The average Bonchev–Trinajstić information content (AvgIpc) is 2.65. The van der Waals surface area contributed by atoms with Crippen molar-refractivity contribution in [3.05, 3.63) is 16.3 Å². The molecule has 0 saturated heterocycles. The SMILES string of the molecule is CC(C)CCNS(=O)(=O)c1csc(C(=O)O)c1. The van der Waals surface area contributed by atoms with Crippen LogP contribution < -0.4 is 4.72 Å². The van der Waals surface area contributed by atoms with Crippen molar-refractivity contribution >= 4 is 27.3 Å². The molecule has 1 aromatic heterocycles. The highest BCUT2D eigenvalue weighted by Crippen LogP contribution is 2.19. The summed E-state index contributed by atoms with van der Waals surface area (Å²) in [7, 11) is -3.57. The third-order valence-corrected chi connectivity index (χ3v) is 4.62. The summed E-state index contributed by atoms with van der Waals surface area (Å²) in [6, 6.07) is 1.17. The number of nitrogens with one attached hydrogen (secondary N) is 1. The zero-order valence-electron chi connectivity index (χ0n) is 9.63. The molecule has 1 aromatic rings. The van der Waals surface area contributed by atoms with Gasteiger partial charge in [0.2, 0.25) is 10.0 Å². The van der Waals surface area contributed by atoms with Crippen LogP contribution >= 0.6 is 11.3 Å². The zero-order chi connectivity index (χ0) is 13.1. The Bertz CT molecular complexity index is 490. The summed E-state index contributed by atoms with van der Waals surface area (Å²) in [5.41, 5.74) is 0. The second kappa shape index (κ2) is 5.61. The Kier molecular flexibility index (Phi) is 4.67. The van der Waals surface area contributed by atoms with E-state index in [9.17, 15) is 13.2 Å². The number of sulfonamides is 1. The second-order valence-corrected chi connectivity index (χ2v) is 6.71. The average molecular weight is 277 g/mol. The Labute approximate surface area is 105 Å². The first-order chi connectivity index (χ1) is 7.83. The maximum atomic E-state index is 11.8. The van der Waals surface area contributed by atoms with Crippen LogP contribution in [0.5, 0.6) is 0 Å². The molecule has 96 valence electrons. The van der Waals surface area contributed by atoms with Gasteiger partial charge in [-0.2, -0.15) is 0 Å². The fourth-order valence-electron chi connectivity index (χ4n) is 1.14. The van der Waals surface area contributed by atoms with Gasteiger partial charge in [-0.25, -0.2) is 17.9 Å². The molecular formula is C10H15NO4S2. The number of carboxylic acids is 1. The fourth-order valence-corrected chi connectivity index (χ4v) is 3.30. The predicted octanol–water partition coefficient (Wildman–Crippen LogP) is 1.77. The van der Waals surface area contributed by atoms with Crippen LogP contribution in [0.15, 0.2) is 16.3 Å². The third-order valence-electron chi connectivity index (χ3n) is 2.11. The molecule has 0 fully saturated rings. The normalized spacial score (nSPS) is 11.9. The molecule has 0 spiro atoms. The van der Waals surface area contributed by atoms with Gasteiger partial charge < -0.3 is 5.11 Å². The van der Waals surface area contributed by atoms with E-state index in [0.717, 1.165) is 17.8 Å². The van der Waals surface area contributed by atoms with Gasteiger partial charge in [0, 0.05) is 11.9 Å². The van der Waals surface area contributed by atoms with Gasteiger partial charge in [-0.1, -0.05) is 13.8 Å². The van der Waals surface area contributed by atoms with Crippen molar-refractivity contribution < 1.29 is 18.3 Å². The first kappa shape index (κ1) is 14.1. The number of thiophene rings is 1. The van der Waals surface area contributed by atoms with Crippen LogP contribution in [0.2, 0.25) is 0 Å². The molecular weight excluding hydrogens is 262 g/mol. The summed E-state index contributed by atoms with van der Waals surface area (Å²) in [6.07, 6.45) is 0.745. The Hall–Kier alpha value is -0.920. The molecule has 0 amide bonds. The quantitative estimate of drug-likeness (QED) is 0.830. The molecule has 1 rings (SSSR count). The van der Waals surface area contributed by atoms with Crippen molar-refractivity contribution in [2.75, 3.05) is 6.54 Å². The second-order valence-electron chi connectivity index (χ2n) is 4.03. The summed E-state index contributed by atoms with van der Waals surface area (Å²) < 4.78 is 25.9. The molecule has 0 aliphatic heterocycles. The number of aromatic carboxylic acids is 1. The van der Waals surface area contributed by atoms with Gasteiger partial charge in [-0.05, 0) is 18.4 Å². The lowest BCUT2D eigenvalue weighted by Crippen LogP contribution is -2.25. The van der Waals surface area contributed by atoms with E-state index in [4.69, 9.17) is 5.11 Å². The van der Waals surface area contributed by atoms with Gasteiger partial charge in [0.1, 0.15) is 4.88 Å². The largest absolute Gasteiger partial charge is 0.477 e. The van der Waals surface area contributed by atoms with E-state index in [0.29, 0.717) is 12.5 Å². The van der Waals surface area contributed by atoms with Crippen LogP contribution in [0.3, 0.4) is 0 Å². The van der Waals surface area contributed by atoms with Gasteiger partial charge in [-0.15, -0.1) is 11.3 Å². The first-order valence-corrected chi connectivity index (χ1v) is 7.50. The molecule has 2 N–H and O–H groups in total. The number of rotatable bonds is 6. The standard InChI is InChI=1S/C10H15NO4S2/c1-7(2)3-4-11-17(14,15)8-5-9(10(12)13)16-6-8/h5-7,11H,3-4H2,1-2H3,(H,12,13). The van der Waals surface area contributed by atoms with E-state index in [-0.39, 0.29) is 9.77 Å². The van der Waals surface area contributed by atoms with Gasteiger partial charge in [0.05, 0.1) is 4.90 Å². The van der Waals surface area contributed by atoms with Crippen LogP contribution in [0.25, 0.3) is 0 Å². The molecule has 0 saturated carbocycles. The lowest BCUT2D eigenvalue weighted by atomic mass is 10.1. The molecule has 0 radical (unpaired) electrons.